The number of carbonyl (C=O) groups excluding carboxylic acids is 1. The third-order valence-electron chi connectivity index (χ3n) is 9.32. The van der Waals surface area contributed by atoms with E-state index >= 15 is 0 Å². The molecule has 2 aliphatic carbocycles. The van der Waals surface area contributed by atoms with Gasteiger partial charge in [-0.3, -0.25) is 9.80 Å². The Morgan fingerprint density at radius 1 is 1.00 bits per heavy atom. The summed E-state index contributed by atoms with van der Waals surface area (Å²) < 4.78 is 63.7. The SMILES string of the molecule is CN(C)C1(c2ccccc2)CCC2(CC1)CN(c1ccc(C(F)(F)F)cc1C[SH](=O)=O)C(=O)N2CC1CCC1. The van der Waals surface area contributed by atoms with Crippen LogP contribution in [0.1, 0.15) is 61.6 Å². The van der Waals surface area contributed by atoms with Crippen LogP contribution in [0, 0.1) is 5.92 Å². The molecule has 0 unspecified atom stereocenters. The van der Waals surface area contributed by atoms with E-state index in [1.807, 2.05) is 23.1 Å². The molecule has 1 heterocycles. The third-order valence-corrected chi connectivity index (χ3v) is 9.92. The summed E-state index contributed by atoms with van der Waals surface area (Å²) in [6.45, 7) is 0.965. The van der Waals surface area contributed by atoms with Gasteiger partial charge >= 0.3 is 12.2 Å². The van der Waals surface area contributed by atoms with Gasteiger partial charge < -0.3 is 4.90 Å². The molecule has 0 atom stereocenters. The smallest absolute Gasteiger partial charge is 0.317 e. The van der Waals surface area contributed by atoms with E-state index in [1.54, 1.807) is 0 Å². The predicted molar refractivity (Wildman–Crippen MR) is 145 cm³/mol. The minimum Gasteiger partial charge on any atom is -0.317 e. The summed E-state index contributed by atoms with van der Waals surface area (Å²) in [5.74, 6) is -0.130. The fourth-order valence-electron chi connectivity index (χ4n) is 6.78. The van der Waals surface area contributed by atoms with Crippen LogP contribution in [-0.2, 0) is 28.2 Å². The molecular weight excluding hydrogens is 527 g/mol. The molecule has 0 aromatic heterocycles. The van der Waals surface area contributed by atoms with Crippen LogP contribution < -0.4 is 4.90 Å². The summed E-state index contributed by atoms with van der Waals surface area (Å²) in [4.78, 5) is 19.8. The molecule has 0 radical (unpaired) electrons. The lowest BCUT2D eigenvalue weighted by atomic mass is 9.68. The van der Waals surface area contributed by atoms with Crippen LogP contribution >= 0.6 is 0 Å². The van der Waals surface area contributed by atoms with Crippen LogP contribution in [-0.4, -0.2) is 57.0 Å². The first-order valence-electron chi connectivity index (χ1n) is 13.6. The number of anilines is 1. The van der Waals surface area contributed by atoms with E-state index in [9.17, 15) is 26.4 Å². The second kappa shape index (κ2) is 10.4. The first-order valence-corrected chi connectivity index (χ1v) is 15.0. The number of nitrogens with zero attached hydrogens (tertiary/aromatic N) is 3. The normalized spacial score (nSPS) is 26.2. The zero-order valence-corrected chi connectivity index (χ0v) is 23.3. The molecule has 0 bridgehead atoms. The minimum absolute atomic E-state index is 0.0117. The highest BCUT2D eigenvalue weighted by Crippen LogP contribution is 2.50. The molecule has 1 spiro atoms. The second-order valence-corrected chi connectivity index (χ2v) is 12.6. The van der Waals surface area contributed by atoms with Gasteiger partial charge in [0.2, 0.25) is 0 Å². The Kier molecular flexibility index (Phi) is 7.47. The largest absolute Gasteiger partial charge is 0.416 e. The summed E-state index contributed by atoms with van der Waals surface area (Å²) in [5, 5.41) is 0. The lowest BCUT2D eigenvalue weighted by Crippen LogP contribution is -2.56. The van der Waals surface area contributed by atoms with Crippen molar-refractivity contribution in [3.63, 3.8) is 0 Å². The number of alkyl halides is 3. The highest BCUT2D eigenvalue weighted by molar-refractivity contribution is 7.71. The second-order valence-electron chi connectivity index (χ2n) is 11.6. The van der Waals surface area contributed by atoms with Crippen LogP contribution in [0.15, 0.2) is 48.5 Å². The minimum atomic E-state index is -4.61. The summed E-state index contributed by atoms with van der Waals surface area (Å²) in [7, 11) is 1.19. The van der Waals surface area contributed by atoms with Crippen LogP contribution in [0.25, 0.3) is 0 Å². The van der Waals surface area contributed by atoms with Crippen molar-refractivity contribution in [3.8, 4) is 0 Å². The van der Waals surface area contributed by atoms with Gasteiger partial charge in [-0.15, -0.1) is 0 Å². The van der Waals surface area contributed by atoms with Crippen LogP contribution in [0.2, 0.25) is 0 Å². The molecule has 2 saturated carbocycles. The predicted octanol–water partition coefficient (Wildman–Crippen LogP) is 5.63. The van der Waals surface area contributed by atoms with Gasteiger partial charge in [0.1, 0.15) is 10.7 Å². The number of hydrogen-bond donors (Lipinski definition) is 1. The van der Waals surface area contributed by atoms with Crippen molar-refractivity contribution in [2.75, 3.05) is 32.1 Å². The van der Waals surface area contributed by atoms with Gasteiger partial charge in [0.25, 0.3) is 0 Å². The number of thiol groups is 1. The van der Waals surface area contributed by atoms with E-state index < -0.39 is 33.7 Å². The van der Waals surface area contributed by atoms with Crippen LogP contribution in [0.5, 0.6) is 0 Å². The highest BCUT2D eigenvalue weighted by Gasteiger charge is 2.55. The Morgan fingerprint density at radius 2 is 1.67 bits per heavy atom. The molecule has 212 valence electrons. The van der Waals surface area contributed by atoms with Crippen molar-refractivity contribution in [2.45, 2.75) is 68.0 Å². The van der Waals surface area contributed by atoms with Gasteiger partial charge in [0.15, 0.2) is 0 Å². The molecule has 2 aromatic rings. The maximum atomic E-state index is 14.0. The molecule has 6 nitrogen and oxygen atoms in total. The van der Waals surface area contributed by atoms with E-state index in [-0.39, 0.29) is 22.8 Å². The molecular formula is C29H36F3N3O3S. The molecule has 10 heteroatoms. The van der Waals surface area contributed by atoms with Crippen LogP contribution in [0.3, 0.4) is 0 Å². The number of carbonyl (C=O) groups is 1. The Bertz CT molecular complexity index is 1280. The van der Waals surface area contributed by atoms with Gasteiger partial charge in [-0.1, -0.05) is 36.8 Å². The number of benzene rings is 2. The summed E-state index contributed by atoms with van der Waals surface area (Å²) >= 11 is 0. The Labute approximate surface area is 229 Å². The van der Waals surface area contributed by atoms with E-state index in [4.69, 9.17) is 0 Å². The number of amides is 2. The molecule has 2 amide bonds. The zero-order chi connectivity index (χ0) is 28.0. The Hall–Kier alpha value is -2.59. The van der Waals surface area contributed by atoms with Crippen molar-refractivity contribution in [1.82, 2.24) is 9.80 Å². The standard InChI is InChI=1S/C29H36F3N3O3S/c1-33(2)28(23-9-4-3-5-10-23)15-13-27(14-16-28)20-34(26(36)35(27)18-21-7-6-8-21)25-12-11-24(29(30,31)32)17-22(25)19-39(37)38/h3-5,9-12,17,21,39H,6-8,13-16,18-20H2,1-2H3. The maximum absolute atomic E-state index is 14.0. The molecule has 1 aliphatic heterocycles. The zero-order valence-electron chi connectivity index (χ0n) is 22.4. The molecule has 3 fully saturated rings. The monoisotopic (exact) mass is 563 g/mol. The maximum Gasteiger partial charge on any atom is 0.416 e. The number of halogens is 3. The highest BCUT2D eigenvalue weighted by atomic mass is 32.2. The Balaban J connectivity index is 1.50. The first-order chi connectivity index (χ1) is 18.4. The molecule has 2 aromatic carbocycles. The van der Waals surface area contributed by atoms with Crippen molar-refractivity contribution >= 4 is 22.4 Å². The van der Waals surface area contributed by atoms with Crippen LogP contribution in [0.4, 0.5) is 23.7 Å². The van der Waals surface area contributed by atoms with Crippen molar-refractivity contribution in [1.29, 1.82) is 0 Å². The van der Waals surface area contributed by atoms with E-state index in [2.05, 4.69) is 31.1 Å². The van der Waals surface area contributed by atoms with Gasteiger partial charge in [-0.2, -0.15) is 13.2 Å². The molecule has 39 heavy (non-hydrogen) atoms. The molecule has 0 N–H and O–H groups in total. The molecule has 5 rings (SSSR count). The fraction of sp³-hybridized carbons (Fsp3) is 0.552. The molecule has 1 saturated heterocycles. The van der Waals surface area contributed by atoms with Gasteiger partial charge in [-0.25, -0.2) is 13.2 Å². The van der Waals surface area contributed by atoms with Crippen molar-refractivity contribution in [2.24, 2.45) is 5.92 Å². The number of rotatable bonds is 7. The van der Waals surface area contributed by atoms with E-state index in [0.717, 1.165) is 57.1 Å². The number of hydrogen-bond acceptors (Lipinski definition) is 4. The van der Waals surface area contributed by atoms with Crippen molar-refractivity contribution < 1.29 is 26.4 Å². The van der Waals surface area contributed by atoms with E-state index in [1.165, 1.54) is 16.5 Å². The number of urea groups is 1. The van der Waals surface area contributed by atoms with Gasteiger partial charge in [0, 0.05) is 17.8 Å². The summed E-state index contributed by atoms with van der Waals surface area (Å²) in [5.41, 5.74) is -0.0394. The summed E-state index contributed by atoms with van der Waals surface area (Å²) in [6.07, 6.45) is 1.82. The lowest BCUT2D eigenvalue weighted by molar-refractivity contribution is -0.137. The fourth-order valence-corrected chi connectivity index (χ4v) is 7.31. The molecule has 3 aliphatic rings. The topological polar surface area (TPSA) is 60.9 Å². The van der Waals surface area contributed by atoms with Crippen molar-refractivity contribution in [3.05, 3.63) is 65.2 Å². The quantitative estimate of drug-likeness (QED) is 0.444. The average Bonchev–Trinajstić information content (AvgIpc) is 3.12. The van der Waals surface area contributed by atoms with E-state index in [0.29, 0.717) is 19.0 Å². The summed E-state index contributed by atoms with van der Waals surface area (Å²) in [6, 6.07) is 13.2. The third kappa shape index (κ3) is 5.17. The first kappa shape index (κ1) is 28.0. The van der Waals surface area contributed by atoms with Gasteiger partial charge in [-0.05, 0) is 87.9 Å². The Morgan fingerprint density at radius 3 is 2.21 bits per heavy atom. The van der Waals surface area contributed by atoms with Gasteiger partial charge in [0.05, 0.1) is 23.4 Å². The lowest BCUT2D eigenvalue weighted by Gasteiger charge is -2.51. The average molecular weight is 564 g/mol.